The number of rotatable bonds is 6. The minimum atomic E-state index is -0.0233. The van der Waals surface area contributed by atoms with E-state index in [2.05, 4.69) is 10.2 Å². The zero-order valence-corrected chi connectivity index (χ0v) is 14.5. The van der Waals surface area contributed by atoms with Gasteiger partial charge in [0, 0.05) is 13.1 Å². The standard InChI is InChI=1S/C20H24N2O3/c1-2-25-17-9-7-16(8-10-17)15-20(23)21-18-5-3-4-6-19(18)22-11-13-24-14-12-22/h3-10H,2,11-15H2,1H3,(H,21,23). The van der Waals surface area contributed by atoms with Gasteiger partial charge in [-0.25, -0.2) is 0 Å². The molecular formula is C20H24N2O3. The summed E-state index contributed by atoms with van der Waals surface area (Å²) in [5.74, 6) is 0.800. The summed E-state index contributed by atoms with van der Waals surface area (Å²) in [6.07, 6.45) is 0.337. The summed E-state index contributed by atoms with van der Waals surface area (Å²) in [4.78, 5) is 14.7. The molecule has 0 aliphatic carbocycles. The summed E-state index contributed by atoms with van der Waals surface area (Å²) in [7, 11) is 0. The molecule has 1 aliphatic rings. The Morgan fingerprint density at radius 1 is 1.12 bits per heavy atom. The Hall–Kier alpha value is -2.53. The SMILES string of the molecule is CCOc1ccc(CC(=O)Nc2ccccc2N2CCOCC2)cc1. The Kier molecular flexibility index (Phi) is 5.90. The van der Waals surface area contributed by atoms with Gasteiger partial charge in [-0.2, -0.15) is 0 Å². The molecule has 0 atom stereocenters. The molecule has 132 valence electrons. The third-order valence-corrected chi connectivity index (χ3v) is 4.13. The Morgan fingerprint density at radius 3 is 2.56 bits per heavy atom. The quantitative estimate of drug-likeness (QED) is 0.878. The highest BCUT2D eigenvalue weighted by Crippen LogP contribution is 2.26. The van der Waals surface area contributed by atoms with Crippen LogP contribution >= 0.6 is 0 Å². The molecule has 1 heterocycles. The number of carbonyl (C=O) groups is 1. The summed E-state index contributed by atoms with van der Waals surface area (Å²) in [6, 6.07) is 15.6. The number of ether oxygens (including phenoxy) is 2. The predicted octanol–water partition coefficient (Wildman–Crippen LogP) is 3.10. The molecule has 5 heteroatoms. The summed E-state index contributed by atoms with van der Waals surface area (Å²) in [6.45, 7) is 5.70. The van der Waals surface area contributed by atoms with Gasteiger partial charge in [-0.15, -0.1) is 0 Å². The third kappa shape index (κ3) is 4.73. The van der Waals surface area contributed by atoms with Gasteiger partial charge >= 0.3 is 0 Å². The van der Waals surface area contributed by atoms with Gasteiger partial charge < -0.3 is 19.7 Å². The van der Waals surface area contributed by atoms with Crippen molar-refractivity contribution in [2.45, 2.75) is 13.3 Å². The van der Waals surface area contributed by atoms with Crippen LogP contribution in [0.2, 0.25) is 0 Å². The van der Waals surface area contributed by atoms with Crippen LogP contribution < -0.4 is 15.0 Å². The second kappa shape index (κ2) is 8.53. The Labute approximate surface area is 148 Å². The van der Waals surface area contributed by atoms with Gasteiger partial charge in [0.15, 0.2) is 0 Å². The van der Waals surface area contributed by atoms with Crippen molar-refractivity contribution >= 4 is 17.3 Å². The van der Waals surface area contributed by atoms with Crippen molar-refractivity contribution in [3.05, 3.63) is 54.1 Å². The van der Waals surface area contributed by atoms with E-state index in [0.29, 0.717) is 26.2 Å². The summed E-state index contributed by atoms with van der Waals surface area (Å²) >= 11 is 0. The van der Waals surface area contributed by atoms with Gasteiger partial charge in [-0.1, -0.05) is 24.3 Å². The zero-order chi connectivity index (χ0) is 17.5. The Morgan fingerprint density at radius 2 is 1.84 bits per heavy atom. The van der Waals surface area contributed by atoms with Gasteiger partial charge in [0.2, 0.25) is 5.91 Å². The number of hydrogen-bond donors (Lipinski definition) is 1. The highest BCUT2D eigenvalue weighted by molar-refractivity contribution is 5.95. The van der Waals surface area contributed by atoms with E-state index in [4.69, 9.17) is 9.47 Å². The zero-order valence-electron chi connectivity index (χ0n) is 14.5. The molecule has 0 bridgehead atoms. The second-order valence-electron chi connectivity index (χ2n) is 5.92. The maximum Gasteiger partial charge on any atom is 0.228 e. The van der Waals surface area contributed by atoms with Gasteiger partial charge in [0.25, 0.3) is 0 Å². The van der Waals surface area contributed by atoms with Gasteiger partial charge in [-0.05, 0) is 36.8 Å². The molecule has 0 unspecified atom stereocenters. The van der Waals surface area contributed by atoms with Crippen LogP contribution in [-0.2, 0) is 16.0 Å². The normalized spacial score (nSPS) is 14.2. The molecule has 1 saturated heterocycles. The van der Waals surface area contributed by atoms with Crippen LogP contribution in [0.15, 0.2) is 48.5 Å². The van der Waals surface area contributed by atoms with Gasteiger partial charge in [0.05, 0.1) is 37.6 Å². The van der Waals surface area contributed by atoms with Crippen LogP contribution in [0.25, 0.3) is 0 Å². The Balaban J connectivity index is 1.64. The number of amides is 1. The number of benzene rings is 2. The van der Waals surface area contributed by atoms with Crippen molar-refractivity contribution in [1.29, 1.82) is 0 Å². The molecule has 2 aromatic carbocycles. The highest BCUT2D eigenvalue weighted by atomic mass is 16.5. The first kappa shape index (κ1) is 17.3. The van der Waals surface area contributed by atoms with E-state index in [0.717, 1.165) is 35.8 Å². The minimum Gasteiger partial charge on any atom is -0.494 e. The van der Waals surface area contributed by atoms with Crippen LogP contribution in [0.4, 0.5) is 11.4 Å². The summed E-state index contributed by atoms with van der Waals surface area (Å²) < 4.78 is 10.8. The minimum absolute atomic E-state index is 0.0233. The smallest absolute Gasteiger partial charge is 0.228 e. The number of para-hydroxylation sites is 2. The lowest BCUT2D eigenvalue weighted by Gasteiger charge is -2.30. The third-order valence-electron chi connectivity index (χ3n) is 4.13. The van der Waals surface area contributed by atoms with E-state index in [9.17, 15) is 4.79 Å². The fraction of sp³-hybridized carbons (Fsp3) is 0.350. The van der Waals surface area contributed by atoms with Crippen molar-refractivity contribution in [2.24, 2.45) is 0 Å². The maximum atomic E-state index is 12.4. The van der Waals surface area contributed by atoms with E-state index in [1.807, 2.05) is 55.5 Å². The maximum absolute atomic E-state index is 12.4. The molecule has 25 heavy (non-hydrogen) atoms. The number of hydrogen-bond acceptors (Lipinski definition) is 4. The van der Waals surface area contributed by atoms with Crippen molar-refractivity contribution in [2.75, 3.05) is 43.1 Å². The highest BCUT2D eigenvalue weighted by Gasteiger charge is 2.15. The van der Waals surface area contributed by atoms with E-state index in [1.54, 1.807) is 0 Å². The molecule has 0 radical (unpaired) electrons. The molecule has 0 spiro atoms. The summed E-state index contributed by atoms with van der Waals surface area (Å²) in [5, 5.41) is 3.04. The molecule has 1 aliphatic heterocycles. The van der Waals surface area contributed by atoms with Gasteiger partial charge in [-0.3, -0.25) is 4.79 Å². The van der Waals surface area contributed by atoms with E-state index < -0.39 is 0 Å². The molecule has 1 amide bonds. The monoisotopic (exact) mass is 340 g/mol. The van der Waals surface area contributed by atoms with Crippen molar-refractivity contribution in [1.82, 2.24) is 0 Å². The Bertz CT molecular complexity index is 694. The lowest BCUT2D eigenvalue weighted by atomic mass is 10.1. The lowest BCUT2D eigenvalue weighted by Crippen LogP contribution is -2.36. The van der Waals surface area contributed by atoms with Crippen LogP contribution in [0.5, 0.6) is 5.75 Å². The first-order chi connectivity index (χ1) is 12.3. The summed E-state index contributed by atoms with van der Waals surface area (Å²) in [5.41, 5.74) is 2.86. The van der Waals surface area contributed by atoms with Crippen molar-refractivity contribution in [3.63, 3.8) is 0 Å². The van der Waals surface area contributed by atoms with Crippen LogP contribution in [0.3, 0.4) is 0 Å². The van der Waals surface area contributed by atoms with E-state index in [1.165, 1.54) is 0 Å². The molecule has 1 N–H and O–H groups in total. The largest absolute Gasteiger partial charge is 0.494 e. The van der Waals surface area contributed by atoms with Crippen LogP contribution in [0.1, 0.15) is 12.5 Å². The van der Waals surface area contributed by atoms with Crippen LogP contribution in [-0.4, -0.2) is 38.8 Å². The molecule has 0 saturated carbocycles. The van der Waals surface area contributed by atoms with Crippen molar-refractivity contribution < 1.29 is 14.3 Å². The average molecular weight is 340 g/mol. The van der Waals surface area contributed by atoms with Crippen molar-refractivity contribution in [3.8, 4) is 5.75 Å². The van der Waals surface area contributed by atoms with Crippen LogP contribution in [0, 0.1) is 0 Å². The van der Waals surface area contributed by atoms with E-state index >= 15 is 0 Å². The number of morpholine rings is 1. The second-order valence-corrected chi connectivity index (χ2v) is 5.92. The fourth-order valence-corrected chi connectivity index (χ4v) is 2.91. The first-order valence-corrected chi connectivity index (χ1v) is 8.69. The number of nitrogens with zero attached hydrogens (tertiary/aromatic N) is 1. The molecule has 2 aromatic rings. The van der Waals surface area contributed by atoms with E-state index in [-0.39, 0.29) is 5.91 Å². The van der Waals surface area contributed by atoms with Gasteiger partial charge in [0.1, 0.15) is 5.75 Å². The topological polar surface area (TPSA) is 50.8 Å². The molecule has 1 fully saturated rings. The first-order valence-electron chi connectivity index (χ1n) is 8.69. The molecule has 5 nitrogen and oxygen atoms in total. The number of nitrogens with one attached hydrogen (secondary N) is 1. The molecular weight excluding hydrogens is 316 g/mol. The number of carbonyl (C=O) groups excluding carboxylic acids is 1. The molecule has 0 aromatic heterocycles. The number of anilines is 2. The lowest BCUT2D eigenvalue weighted by molar-refractivity contribution is -0.115. The average Bonchev–Trinajstić information content (AvgIpc) is 2.65. The fourth-order valence-electron chi connectivity index (χ4n) is 2.91. The molecule has 3 rings (SSSR count). The predicted molar refractivity (Wildman–Crippen MR) is 99.4 cm³/mol.